The highest BCUT2D eigenvalue weighted by molar-refractivity contribution is 7.98. The third-order valence-electron chi connectivity index (χ3n) is 5.29. The van der Waals surface area contributed by atoms with Gasteiger partial charge in [-0.25, -0.2) is 9.97 Å². The number of hydrogen-bond acceptors (Lipinski definition) is 7. The maximum Gasteiger partial charge on any atom is 0.262 e. The largest absolute Gasteiger partial charge is 0.497 e. The Hall–Kier alpha value is -3.78. The maximum atomic E-state index is 13.2. The van der Waals surface area contributed by atoms with Crippen molar-refractivity contribution < 1.29 is 13.6 Å². The smallest absolute Gasteiger partial charge is 0.262 e. The summed E-state index contributed by atoms with van der Waals surface area (Å²) in [4.78, 5) is 22.7. The van der Waals surface area contributed by atoms with Crippen LogP contribution in [0.25, 0.3) is 22.4 Å². The van der Waals surface area contributed by atoms with Crippen molar-refractivity contribution in [2.45, 2.75) is 24.4 Å². The second-order valence-electron chi connectivity index (χ2n) is 7.42. The summed E-state index contributed by atoms with van der Waals surface area (Å²) in [6.45, 7) is 2.20. The lowest BCUT2D eigenvalue weighted by Crippen LogP contribution is -2.23. The number of hydrogen-bond donors (Lipinski definition) is 0. The van der Waals surface area contributed by atoms with Crippen LogP contribution < -0.4 is 10.3 Å². The van der Waals surface area contributed by atoms with E-state index in [4.69, 9.17) is 18.6 Å². The highest BCUT2D eigenvalue weighted by Crippen LogP contribution is 2.28. The second kappa shape index (κ2) is 8.99. The van der Waals surface area contributed by atoms with Gasteiger partial charge in [0.25, 0.3) is 5.56 Å². The van der Waals surface area contributed by atoms with E-state index >= 15 is 0 Å². The fourth-order valence-corrected chi connectivity index (χ4v) is 4.51. The predicted molar refractivity (Wildman–Crippen MR) is 127 cm³/mol. The van der Waals surface area contributed by atoms with E-state index in [1.807, 2.05) is 55.5 Å². The Morgan fingerprint density at radius 3 is 2.61 bits per heavy atom. The topological polar surface area (TPSA) is 83.3 Å². The van der Waals surface area contributed by atoms with Gasteiger partial charge in [0.05, 0.1) is 36.5 Å². The Morgan fingerprint density at radius 1 is 1.03 bits per heavy atom. The summed E-state index contributed by atoms with van der Waals surface area (Å²) < 4.78 is 18.2. The van der Waals surface area contributed by atoms with Crippen LogP contribution in [0.3, 0.4) is 0 Å². The maximum absolute atomic E-state index is 13.2. The Bertz CT molecular complexity index is 1450. The van der Waals surface area contributed by atoms with Gasteiger partial charge in [0.15, 0.2) is 5.16 Å². The molecular formula is C25H21N3O4S. The Balaban J connectivity index is 1.45. The zero-order chi connectivity index (χ0) is 22.8. The van der Waals surface area contributed by atoms with E-state index in [0.717, 1.165) is 22.8 Å². The van der Waals surface area contributed by atoms with Crippen molar-refractivity contribution in [3.05, 3.63) is 94.5 Å². The molecule has 0 aliphatic rings. The van der Waals surface area contributed by atoms with Crippen LogP contribution in [-0.2, 0) is 12.3 Å². The van der Waals surface area contributed by atoms with Crippen molar-refractivity contribution in [2.24, 2.45) is 0 Å². The first-order chi connectivity index (χ1) is 16.1. The highest BCUT2D eigenvalue weighted by atomic mass is 32.2. The summed E-state index contributed by atoms with van der Waals surface area (Å²) in [5.41, 5.74) is 2.23. The number of fused-ring (bicyclic) bond motifs is 1. The molecule has 0 atom stereocenters. The molecule has 0 fully saturated rings. The monoisotopic (exact) mass is 459 g/mol. The van der Waals surface area contributed by atoms with Gasteiger partial charge in [-0.3, -0.25) is 9.36 Å². The van der Waals surface area contributed by atoms with E-state index in [1.54, 1.807) is 30.1 Å². The zero-order valence-corrected chi connectivity index (χ0v) is 19.0. The number of oxazole rings is 1. The van der Waals surface area contributed by atoms with Crippen LogP contribution in [0.4, 0.5) is 0 Å². The van der Waals surface area contributed by atoms with Gasteiger partial charge in [-0.1, -0.05) is 23.9 Å². The average Bonchev–Trinajstić information content (AvgIpc) is 3.49. The molecule has 0 aliphatic heterocycles. The van der Waals surface area contributed by atoms with E-state index in [2.05, 4.69) is 4.98 Å². The number of aromatic nitrogens is 3. The standard InChI is InChI=1S/C25H21N3O4S/c1-16-22(26-23(32-16)17-9-11-18(30-2)12-10-17)15-33-25-27-21-8-4-3-7-20(21)24(29)28(25)14-19-6-5-13-31-19/h3-13H,14-15H2,1-2H3. The van der Waals surface area contributed by atoms with Crippen LogP contribution >= 0.6 is 11.8 Å². The molecule has 3 heterocycles. The minimum absolute atomic E-state index is 0.102. The molecule has 166 valence electrons. The number of furan rings is 1. The van der Waals surface area contributed by atoms with Crippen molar-refractivity contribution in [3.63, 3.8) is 0 Å². The number of aryl methyl sites for hydroxylation is 1. The minimum Gasteiger partial charge on any atom is -0.497 e. The SMILES string of the molecule is COc1ccc(-c2nc(CSc3nc4ccccc4c(=O)n3Cc3ccco3)c(C)o2)cc1. The summed E-state index contributed by atoms with van der Waals surface area (Å²) in [6.07, 6.45) is 1.60. The number of methoxy groups -OCH3 is 1. The molecule has 0 amide bonds. The molecule has 0 unspecified atom stereocenters. The van der Waals surface area contributed by atoms with Crippen molar-refractivity contribution in [3.8, 4) is 17.2 Å². The van der Waals surface area contributed by atoms with Crippen molar-refractivity contribution in [1.29, 1.82) is 0 Å². The molecule has 0 radical (unpaired) electrons. The Labute approximate surface area is 194 Å². The number of rotatable bonds is 7. The minimum atomic E-state index is -0.102. The molecule has 5 aromatic rings. The second-order valence-corrected chi connectivity index (χ2v) is 8.36. The van der Waals surface area contributed by atoms with Crippen molar-refractivity contribution >= 4 is 22.7 Å². The van der Waals surface area contributed by atoms with E-state index in [-0.39, 0.29) is 5.56 Å². The number of benzene rings is 2. The van der Waals surface area contributed by atoms with Crippen LogP contribution in [0.15, 0.2) is 85.7 Å². The molecule has 0 bridgehead atoms. The van der Waals surface area contributed by atoms with Crippen molar-refractivity contribution in [1.82, 2.24) is 14.5 Å². The first-order valence-corrected chi connectivity index (χ1v) is 11.4. The van der Waals surface area contributed by atoms with Gasteiger partial charge in [0, 0.05) is 11.3 Å². The quantitative estimate of drug-likeness (QED) is 0.241. The van der Waals surface area contributed by atoms with Crippen LogP contribution in [0.2, 0.25) is 0 Å². The number of nitrogens with zero attached hydrogens (tertiary/aromatic N) is 3. The first kappa shape index (κ1) is 21.1. The molecule has 8 heteroatoms. The molecule has 0 saturated heterocycles. The number of para-hydroxylation sites is 1. The summed E-state index contributed by atoms with van der Waals surface area (Å²) in [5.74, 6) is 3.25. The molecule has 0 saturated carbocycles. The van der Waals surface area contributed by atoms with Gasteiger partial charge in [0.1, 0.15) is 17.3 Å². The fourth-order valence-electron chi connectivity index (χ4n) is 3.51. The lowest BCUT2D eigenvalue weighted by atomic mass is 10.2. The van der Waals surface area contributed by atoms with Gasteiger partial charge in [-0.15, -0.1) is 0 Å². The van der Waals surface area contributed by atoms with Crippen LogP contribution in [0.5, 0.6) is 5.75 Å². The van der Waals surface area contributed by atoms with Gasteiger partial charge in [0.2, 0.25) is 5.89 Å². The van der Waals surface area contributed by atoms with E-state index < -0.39 is 0 Å². The van der Waals surface area contributed by atoms with Gasteiger partial charge in [-0.2, -0.15) is 0 Å². The lowest BCUT2D eigenvalue weighted by molar-refractivity contribution is 0.415. The summed E-state index contributed by atoms with van der Waals surface area (Å²) in [7, 11) is 1.63. The van der Waals surface area contributed by atoms with E-state index in [1.165, 1.54) is 11.8 Å². The predicted octanol–water partition coefficient (Wildman–Crippen LogP) is 5.30. The molecule has 0 N–H and O–H groups in total. The highest BCUT2D eigenvalue weighted by Gasteiger charge is 2.16. The average molecular weight is 460 g/mol. The molecular weight excluding hydrogens is 438 g/mol. The molecule has 0 spiro atoms. The molecule has 5 rings (SSSR count). The van der Waals surface area contributed by atoms with E-state index in [9.17, 15) is 4.79 Å². The third-order valence-corrected chi connectivity index (χ3v) is 6.28. The lowest BCUT2D eigenvalue weighted by Gasteiger charge is -2.11. The third kappa shape index (κ3) is 4.29. The molecule has 0 aliphatic carbocycles. The molecule has 7 nitrogen and oxygen atoms in total. The molecule has 33 heavy (non-hydrogen) atoms. The van der Waals surface area contributed by atoms with Crippen molar-refractivity contribution in [2.75, 3.05) is 7.11 Å². The van der Waals surface area contributed by atoms with Crippen LogP contribution in [0, 0.1) is 6.92 Å². The number of ether oxygens (including phenoxy) is 1. The fraction of sp³-hybridized carbons (Fsp3) is 0.160. The summed E-state index contributed by atoms with van der Waals surface area (Å²) in [6, 6.07) is 18.6. The molecule has 3 aromatic heterocycles. The van der Waals surface area contributed by atoms with Crippen LogP contribution in [-0.4, -0.2) is 21.6 Å². The van der Waals surface area contributed by atoms with E-state index in [0.29, 0.717) is 40.0 Å². The first-order valence-electron chi connectivity index (χ1n) is 10.4. The Kier molecular flexibility index (Phi) is 5.75. The summed E-state index contributed by atoms with van der Waals surface area (Å²) >= 11 is 1.45. The van der Waals surface area contributed by atoms with Gasteiger partial charge in [-0.05, 0) is 55.5 Å². The molecule has 2 aromatic carbocycles. The van der Waals surface area contributed by atoms with Gasteiger partial charge >= 0.3 is 0 Å². The van der Waals surface area contributed by atoms with Gasteiger partial charge < -0.3 is 13.6 Å². The summed E-state index contributed by atoms with van der Waals surface area (Å²) in [5, 5.41) is 1.18. The van der Waals surface area contributed by atoms with Crippen LogP contribution in [0.1, 0.15) is 17.2 Å². The normalized spacial score (nSPS) is 11.2. The number of thioether (sulfide) groups is 1. The Morgan fingerprint density at radius 2 is 1.85 bits per heavy atom. The zero-order valence-electron chi connectivity index (χ0n) is 18.1.